The zero-order chi connectivity index (χ0) is 26.7. The summed E-state index contributed by atoms with van der Waals surface area (Å²) in [6.45, 7) is 7.12. The highest BCUT2D eigenvalue weighted by atomic mass is 35.5. The van der Waals surface area contributed by atoms with Gasteiger partial charge in [-0.25, -0.2) is 14.4 Å². The van der Waals surface area contributed by atoms with E-state index in [1.54, 1.807) is 35.1 Å². The van der Waals surface area contributed by atoms with Crippen LogP contribution in [0.1, 0.15) is 31.2 Å². The van der Waals surface area contributed by atoms with Crippen LogP contribution in [0.3, 0.4) is 0 Å². The van der Waals surface area contributed by atoms with Crippen LogP contribution in [0.2, 0.25) is 5.02 Å². The molecule has 8 nitrogen and oxygen atoms in total. The lowest BCUT2D eigenvalue weighted by molar-refractivity contribution is -0.155. The largest absolute Gasteiger partial charge is 0.459 e. The molecule has 11 heteroatoms. The summed E-state index contributed by atoms with van der Waals surface area (Å²) in [5, 5.41) is 4.16. The smallest absolute Gasteiger partial charge is 0.320 e. The number of hydrogen-bond donors (Lipinski definition) is 1. The van der Waals surface area contributed by atoms with Gasteiger partial charge in [-0.15, -0.1) is 11.3 Å². The standard InChI is InChI=1S/C26H29ClFN5O3S/c1-26(2,3)36-22(35)14-32(4)10-5-6-21(34)33-11-9-17-20(13-33)37-25-23(17)24(29-15-30-25)31-16-7-8-19(28)18(27)12-16/h5-8,12,15H,9-11,13-14H2,1-4H3,(H,29,30,31)/b6-5+. The third-order valence-corrected chi connectivity index (χ3v) is 7.04. The first-order valence-corrected chi connectivity index (χ1v) is 13.0. The van der Waals surface area contributed by atoms with E-state index in [2.05, 4.69) is 15.3 Å². The van der Waals surface area contributed by atoms with Crippen LogP contribution in [0.25, 0.3) is 10.2 Å². The number of fused-ring (bicyclic) bond motifs is 3. The normalized spacial score (nSPS) is 13.9. The molecule has 1 aliphatic rings. The zero-order valence-corrected chi connectivity index (χ0v) is 22.7. The van der Waals surface area contributed by atoms with Gasteiger partial charge in [0.1, 0.15) is 28.4 Å². The van der Waals surface area contributed by atoms with Crippen molar-refractivity contribution < 1.29 is 18.7 Å². The zero-order valence-electron chi connectivity index (χ0n) is 21.2. The van der Waals surface area contributed by atoms with Crippen molar-refractivity contribution in [1.82, 2.24) is 19.8 Å². The molecule has 1 N–H and O–H groups in total. The molecule has 196 valence electrons. The average molecular weight is 546 g/mol. The molecule has 0 atom stereocenters. The van der Waals surface area contributed by atoms with Crippen LogP contribution in [0.5, 0.6) is 0 Å². The lowest BCUT2D eigenvalue weighted by atomic mass is 10.0. The average Bonchev–Trinajstić information content (AvgIpc) is 3.18. The molecule has 4 rings (SSSR count). The number of rotatable bonds is 7. The van der Waals surface area contributed by atoms with Crippen molar-refractivity contribution >= 4 is 56.5 Å². The molecule has 0 unspecified atom stereocenters. The number of carbonyl (C=O) groups is 2. The van der Waals surface area contributed by atoms with E-state index in [4.69, 9.17) is 16.3 Å². The summed E-state index contributed by atoms with van der Waals surface area (Å²) in [6.07, 6.45) is 5.46. The van der Waals surface area contributed by atoms with Crippen molar-refractivity contribution in [1.29, 1.82) is 0 Å². The maximum Gasteiger partial charge on any atom is 0.320 e. The number of hydrogen-bond acceptors (Lipinski definition) is 8. The number of nitrogens with zero attached hydrogens (tertiary/aromatic N) is 4. The molecule has 1 aliphatic heterocycles. The van der Waals surface area contributed by atoms with Gasteiger partial charge in [-0.05, 0) is 58.0 Å². The maximum absolute atomic E-state index is 13.5. The lowest BCUT2D eigenvalue weighted by Crippen LogP contribution is -2.34. The van der Waals surface area contributed by atoms with Crippen molar-refractivity contribution in [3.05, 3.63) is 58.0 Å². The molecule has 0 saturated carbocycles. The number of carbonyl (C=O) groups excluding carboxylic acids is 2. The number of anilines is 2. The summed E-state index contributed by atoms with van der Waals surface area (Å²) in [7, 11) is 1.80. The summed E-state index contributed by atoms with van der Waals surface area (Å²) in [6, 6.07) is 4.42. The van der Waals surface area contributed by atoms with Crippen molar-refractivity contribution in [3.8, 4) is 0 Å². The van der Waals surface area contributed by atoms with Gasteiger partial charge >= 0.3 is 5.97 Å². The number of thiophene rings is 1. The second kappa shape index (κ2) is 11.1. The monoisotopic (exact) mass is 545 g/mol. The fraction of sp³-hybridized carbons (Fsp3) is 0.385. The molecule has 0 saturated heterocycles. The number of esters is 1. The molecule has 1 amide bonds. The number of amides is 1. The predicted molar refractivity (Wildman–Crippen MR) is 144 cm³/mol. The van der Waals surface area contributed by atoms with E-state index < -0.39 is 11.4 Å². The summed E-state index contributed by atoms with van der Waals surface area (Å²) in [5.74, 6) is -0.249. The maximum atomic E-state index is 13.5. The van der Waals surface area contributed by atoms with Gasteiger partial charge in [-0.3, -0.25) is 14.5 Å². The Morgan fingerprint density at radius 3 is 2.84 bits per heavy atom. The minimum absolute atomic E-state index is 0.0286. The highest BCUT2D eigenvalue weighted by Gasteiger charge is 2.25. The number of halogens is 2. The third kappa shape index (κ3) is 6.82. The number of ether oxygens (including phenoxy) is 1. The molecule has 1 aromatic carbocycles. The van der Waals surface area contributed by atoms with Gasteiger partial charge in [-0.1, -0.05) is 17.7 Å². The Balaban J connectivity index is 1.40. The first kappa shape index (κ1) is 27.0. The number of likely N-dealkylation sites (N-methyl/N-ethyl adjacent to an activating group) is 1. The fourth-order valence-corrected chi connectivity index (χ4v) is 5.40. The second-order valence-electron chi connectivity index (χ2n) is 9.86. The van der Waals surface area contributed by atoms with E-state index in [1.165, 1.54) is 29.8 Å². The van der Waals surface area contributed by atoms with Crippen molar-refractivity contribution in [2.24, 2.45) is 0 Å². The third-order valence-electron chi connectivity index (χ3n) is 5.63. The molecule has 0 bridgehead atoms. The fourth-order valence-electron chi connectivity index (χ4n) is 4.02. The van der Waals surface area contributed by atoms with Gasteiger partial charge in [0.25, 0.3) is 0 Å². The molecule has 3 heterocycles. The Labute approximate surface area is 224 Å². The first-order chi connectivity index (χ1) is 17.5. The highest BCUT2D eigenvalue weighted by molar-refractivity contribution is 7.19. The van der Waals surface area contributed by atoms with Crippen LogP contribution in [-0.2, 0) is 27.3 Å². The van der Waals surface area contributed by atoms with Crippen LogP contribution in [0.15, 0.2) is 36.7 Å². The van der Waals surface area contributed by atoms with Crippen molar-refractivity contribution in [2.45, 2.75) is 39.3 Å². The van der Waals surface area contributed by atoms with Crippen LogP contribution >= 0.6 is 22.9 Å². The molecular weight excluding hydrogens is 517 g/mol. The summed E-state index contributed by atoms with van der Waals surface area (Å²) >= 11 is 7.46. The lowest BCUT2D eigenvalue weighted by Gasteiger charge is -2.26. The number of nitrogens with one attached hydrogen (secondary N) is 1. The Morgan fingerprint density at radius 2 is 2.11 bits per heavy atom. The summed E-state index contributed by atoms with van der Waals surface area (Å²) in [4.78, 5) is 39.1. The van der Waals surface area contributed by atoms with Crippen LogP contribution in [0, 0.1) is 5.82 Å². The molecule has 37 heavy (non-hydrogen) atoms. The molecule has 0 radical (unpaired) electrons. The van der Waals surface area contributed by atoms with Gasteiger partial charge in [0.05, 0.1) is 23.5 Å². The highest BCUT2D eigenvalue weighted by Crippen LogP contribution is 2.38. The van der Waals surface area contributed by atoms with E-state index >= 15 is 0 Å². The first-order valence-electron chi connectivity index (χ1n) is 11.8. The summed E-state index contributed by atoms with van der Waals surface area (Å²) < 4.78 is 18.9. The topological polar surface area (TPSA) is 87.7 Å². The van der Waals surface area contributed by atoms with E-state index in [9.17, 15) is 14.0 Å². The number of aromatic nitrogens is 2. The Hall–Kier alpha value is -3.08. The van der Waals surface area contributed by atoms with E-state index in [0.29, 0.717) is 37.6 Å². The van der Waals surface area contributed by atoms with Crippen molar-refractivity contribution in [3.63, 3.8) is 0 Å². The van der Waals surface area contributed by atoms with Gasteiger partial charge in [0.2, 0.25) is 5.91 Å². The Bertz CT molecular complexity index is 1350. The molecular formula is C26H29ClFN5O3S. The summed E-state index contributed by atoms with van der Waals surface area (Å²) in [5.41, 5.74) is 1.21. The van der Waals surface area contributed by atoms with Gasteiger partial charge in [-0.2, -0.15) is 0 Å². The quantitative estimate of drug-likeness (QED) is 0.332. The van der Waals surface area contributed by atoms with Crippen LogP contribution in [-0.4, -0.2) is 63.9 Å². The van der Waals surface area contributed by atoms with Crippen LogP contribution < -0.4 is 5.32 Å². The van der Waals surface area contributed by atoms with Gasteiger partial charge < -0.3 is 15.0 Å². The van der Waals surface area contributed by atoms with Gasteiger partial charge in [0.15, 0.2) is 0 Å². The molecule has 0 spiro atoms. The number of benzene rings is 1. The molecule has 0 fully saturated rings. The van der Waals surface area contributed by atoms with E-state index in [1.807, 2.05) is 20.8 Å². The Kier molecular flexibility index (Phi) is 8.11. The van der Waals surface area contributed by atoms with Crippen LogP contribution in [0.4, 0.5) is 15.9 Å². The second-order valence-corrected chi connectivity index (χ2v) is 11.3. The van der Waals surface area contributed by atoms with E-state index in [0.717, 1.165) is 20.7 Å². The van der Waals surface area contributed by atoms with Gasteiger partial charge in [0, 0.05) is 29.7 Å². The SMILES string of the molecule is CN(C/C=C/C(=O)N1CCc2c(sc3ncnc(Nc4ccc(F)c(Cl)c4)c23)C1)CC(=O)OC(C)(C)C. The Morgan fingerprint density at radius 1 is 1.32 bits per heavy atom. The van der Waals surface area contributed by atoms with E-state index in [-0.39, 0.29) is 23.4 Å². The van der Waals surface area contributed by atoms with Crippen molar-refractivity contribution in [2.75, 3.05) is 32.0 Å². The molecule has 0 aliphatic carbocycles. The minimum Gasteiger partial charge on any atom is -0.459 e. The minimum atomic E-state index is -0.527. The molecule has 3 aromatic rings. The molecule has 2 aromatic heterocycles. The predicted octanol–water partition coefficient (Wildman–Crippen LogP) is 4.94.